The molecule has 2 amide bonds. The molecule has 1 aromatic carbocycles. The molecule has 1 aliphatic rings. The molecule has 1 fully saturated rings. The minimum absolute atomic E-state index is 0.295. The molecule has 0 aliphatic carbocycles. The van der Waals surface area contributed by atoms with E-state index >= 15 is 0 Å². The summed E-state index contributed by atoms with van der Waals surface area (Å²) in [4.78, 5) is 16.4. The highest BCUT2D eigenvalue weighted by Gasteiger charge is 2.19. The van der Waals surface area contributed by atoms with Gasteiger partial charge in [-0.15, -0.1) is 11.3 Å². The van der Waals surface area contributed by atoms with Crippen molar-refractivity contribution in [3.05, 3.63) is 44.9 Å². The van der Waals surface area contributed by atoms with E-state index in [1.165, 1.54) is 11.3 Å². The summed E-state index contributed by atoms with van der Waals surface area (Å²) < 4.78 is 0. The third-order valence-electron chi connectivity index (χ3n) is 3.60. The zero-order valence-electron chi connectivity index (χ0n) is 12.2. The Morgan fingerprint density at radius 1 is 1.39 bits per heavy atom. The Balaban J connectivity index is 1.51. The lowest BCUT2D eigenvalue weighted by atomic mass is 10.2. The number of rotatable bonds is 4. The van der Waals surface area contributed by atoms with Crippen LogP contribution in [0.4, 0.5) is 9.93 Å². The van der Waals surface area contributed by atoms with E-state index in [0.29, 0.717) is 27.8 Å². The molecule has 1 unspecified atom stereocenters. The summed E-state index contributed by atoms with van der Waals surface area (Å²) in [6.07, 6.45) is 2.25. The Hall–Kier alpha value is -1.34. The van der Waals surface area contributed by atoms with Crippen molar-refractivity contribution < 1.29 is 4.79 Å². The maximum absolute atomic E-state index is 11.9. The van der Waals surface area contributed by atoms with Gasteiger partial charge in [0.1, 0.15) is 0 Å². The van der Waals surface area contributed by atoms with E-state index in [2.05, 4.69) is 20.9 Å². The van der Waals surface area contributed by atoms with Crippen molar-refractivity contribution in [2.24, 2.45) is 0 Å². The van der Waals surface area contributed by atoms with Crippen LogP contribution in [0.5, 0.6) is 0 Å². The maximum atomic E-state index is 11.9. The Morgan fingerprint density at radius 3 is 3.00 bits per heavy atom. The van der Waals surface area contributed by atoms with Crippen molar-refractivity contribution in [3.8, 4) is 0 Å². The number of amides is 2. The average molecular weight is 371 g/mol. The second kappa shape index (κ2) is 7.49. The summed E-state index contributed by atoms with van der Waals surface area (Å²) >= 11 is 13.2. The molecule has 3 rings (SSSR count). The van der Waals surface area contributed by atoms with Crippen LogP contribution in [0.1, 0.15) is 30.1 Å². The Labute approximate surface area is 148 Å². The van der Waals surface area contributed by atoms with E-state index in [1.54, 1.807) is 12.1 Å². The zero-order chi connectivity index (χ0) is 16.2. The van der Waals surface area contributed by atoms with Crippen molar-refractivity contribution in [1.29, 1.82) is 0 Å². The first-order valence-electron chi connectivity index (χ1n) is 7.29. The highest BCUT2D eigenvalue weighted by molar-refractivity contribution is 7.13. The fraction of sp³-hybridized carbons (Fsp3) is 0.333. The van der Waals surface area contributed by atoms with Crippen molar-refractivity contribution in [2.45, 2.75) is 25.4 Å². The molecule has 0 saturated carbocycles. The highest BCUT2D eigenvalue weighted by atomic mass is 35.5. The Kier molecular flexibility index (Phi) is 5.38. The normalized spacial score (nSPS) is 17.2. The molecule has 0 radical (unpaired) electrons. The molecule has 1 saturated heterocycles. The van der Waals surface area contributed by atoms with Crippen LogP contribution in [-0.4, -0.2) is 17.6 Å². The lowest BCUT2D eigenvalue weighted by molar-refractivity contribution is 0.251. The van der Waals surface area contributed by atoms with Gasteiger partial charge in [0.05, 0.1) is 21.8 Å². The molecule has 5 nitrogen and oxygen atoms in total. The number of benzene rings is 1. The number of nitrogens with one attached hydrogen (secondary N) is 3. The number of carbonyl (C=O) groups excluding carboxylic acids is 1. The van der Waals surface area contributed by atoms with Crippen LogP contribution in [0.3, 0.4) is 0 Å². The number of halogens is 2. The van der Waals surface area contributed by atoms with Gasteiger partial charge in [0.15, 0.2) is 5.13 Å². The number of thiazole rings is 1. The average Bonchev–Trinajstić information content (AvgIpc) is 3.19. The van der Waals surface area contributed by atoms with Gasteiger partial charge in [-0.1, -0.05) is 29.3 Å². The van der Waals surface area contributed by atoms with E-state index in [4.69, 9.17) is 23.2 Å². The SMILES string of the molecule is O=C(NCc1ccc(Cl)c(Cl)c1)Nc1nc(C2CCCN2)cs1. The van der Waals surface area contributed by atoms with E-state index in [9.17, 15) is 4.79 Å². The zero-order valence-corrected chi connectivity index (χ0v) is 14.6. The molecule has 23 heavy (non-hydrogen) atoms. The molecule has 122 valence electrons. The van der Waals surface area contributed by atoms with Gasteiger partial charge in [-0.2, -0.15) is 0 Å². The third kappa shape index (κ3) is 4.35. The topological polar surface area (TPSA) is 66.0 Å². The minimum atomic E-state index is -0.295. The van der Waals surface area contributed by atoms with Crippen LogP contribution in [0.25, 0.3) is 0 Å². The number of hydrogen-bond donors (Lipinski definition) is 3. The predicted octanol–water partition coefficient (Wildman–Crippen LogP) is 4.20. The van der Waals surface area contributed by atoms with Crippen LogP contribution >= 0.6 is 34.5 Å². The van der Waals surface area contributed by atoms with Gasteiger partial charge in [0.2, 0.25) is 0 Å². The molecule has 1 aliphatic heterocycles. The van der Waals surface area contributed by atoms with Gasteiger partial charge < -0.3 is 10.6 Å². The summed E-state index contributed by atoms with van der Waals surface area (Å²) in [5, 5.41) is 12.5. The largest absolute Gasteiger partial charge is 0.334 e. The van der Waals surface area contributed by atoms with Gasteiger partial charge in [-0.3, -0.25) is 5.32 Å². The number of urea groups is 1. The fourth-order valence-electron chi connectivity index (χ4n) is 2.41. The highest BCUT2D eigenvalue weighted by Crippen LogP contribution is 2.26. The van der Waals surface area contributed by atoms with Crippen LogP contribution in [-0.2, 0) is 6.54 Å². The summed E-state index contributed by atoms with van der Waals surface area (Å²) in [5.41, 5.74) is 1.87. The number of carbonyl (C=O) groups is 1. The van der Waals surface area contributed by atoms with E-state index in [1.807, 2.05) is 11.4 Å². The lowest BCUT2D eigenvalue weighted by Gasteiger charge is -2.07. The van der Waals surface area contributed by atoms with Gasteiger partial charge >= 0.3 is 6.03 Å². The molecule has 0 bridgehead atoms. The summed E-state index contributed by atoms with van der Waals surface area (Å²) in [6.45, 7) is 1.39. The molecular weight excluding hydrogens is 355 g/mol. The summed E-state index contributed by atoms with van der Waals surface area (Å²) in [5.74, 6) is 0. The predicted molar refractivity (Wildman–Crippen MR) is 94.4 cm³/mol. The molecule has 2 heterocycles. The lowest BCUT2D eigenvalue weighted by Crippen LogP contribution is -2.28. The number of nitrogens with zero attached hydrogens (tertiary/aromatic N) is 1. The standard InChI is InChI=1S/C15H16Cl2N4OS/c16-10-4-3-9(6-11(10)17)7-19-14(22)21-15-20-13(8-23-15)12-2-1-5-18-12/h3-4,6,8,12,18H,1-2,5,7H2,(H2,19,20,21,22). The Morgan fingerprint density at radius 2 is 2.26 bits per heavy atom. The first-order valence-corrected chi connectivity index (χ1v) is 8.93. The molecule has 2 aromatic rings. The fourth-order valence-corrected chi connectivity index (χ4v) is 3.49. The van der Waals surface area contributed by atoms with Crippen molar-refractivity contribution >= 4 is 45.7 Å². The van der Waals surface area contributed by atoms with Gasteiger partial charge in [-0.25, -0.2) is 9.78 Å². The molecule has 3 N–H and O–H groups in total. The van der Waals surface area contributed by atoms with Crippen molar-refractivity contribution in [3.63, 3.8) is 0 Å². The van der Waals surface area contributed by atoms with E-state index in [-0.39, 0.29) is 6.03 Å². The van der Waals surface area contributed by atoms with Gasteiger partial charge in [0, 0.05) is 11.9 Å². The molecule has 1 aromatic heterocycles. The van der Waals surface area contributed by atoms with Crippen LogP contribution < -0.4 is 16.0 Å². The minimum Gasteiger partial charge on any atom is -0.334 e. The smallest absolute Gasteiger partial charge is 0.321 e. The van der Waals surface area contributed by atoms with Crippen LogP contribution in [0.2, 0.25) is 10.0 Å². The number of aromatic nitrogens is 1. The van der Waals surface area contributed by atoms with Crippen LogP contribution in [0.15, 0.2) is 23.6 Å². The van der Waals surface area contributed by atoms with Gasteiger partial charge in [0.25, 0.3) is 0 Å². The maximum Gasteiger partial charge on any atom is 0.321 e. The second-order valence-corrected chi connectivity index (χ2v) is 6.96. The quantitative estimate of drug-likeness (QED) is 0.755. The monoisotopic (exact) mass is 370 g/mol. The number of hydrogen-bond acceptors (Lipinski definition) is 4. The summed E-state index contributed by atoms with van der Waals surface area (Å²) in [6, 6.07) is 5.28. The Bertz CT molecular complexity index is 701. The third-order valence-corrected chi connectivity index (χ3v) is 5.11. The van der Waals surface area contributed by atoms with E-state index < -0.39 is 0 Å². The first-order chi connectivity index (χ1) is 11.1. The molecule has 1 atom stereocenters. The molecule has 8 heteroatoms. The molecule has 0 spiro atoms. The second-order valence-electron chi connectivity index (χ2n) is 5.28. The number of anilines is 1. The first kappa shape index (κ1) is 16.5. The van der Waals surface area contributed by atoms with Gasteiger partial charge in [-0.05, 0) is 37.1 Å². The van der Waals surface area contributed by atoms with Crippen molar-refractivity contribution in [2.75, 3.05) is 11.9 Å². The van der Waals surface area contributed by atoms with Crippen LogP contribution in [0, 0.1) is 0 Å². The molecular formula is C15H16Cl2N4OS. The van der Waals surface area contributed by atoms with Crippen molar-refractivity contribution in [1.82, 2.24) is 15.6 Å². The van der Waals surface area contributed by atoms with E-state index in [0.717, 1.165) is 30.6 Å². The summed E-state index contributed by atoms with van der Waals surface area (Å²) in [7, 11) is 0.